The smallest absolute Gasteiger partial charge is 0.0600 e. The van der Waals surface area contributed by atoms with Crippen molar-refractivity contribution in [3.05, 3.63) is 0 Å². The van der Waals surface area contributed by atoms with E-state index in [1.54, 1.807) is 0 Å². The van der Waals surface area contributed by atoms with Gasteiger partial charge in [-0.25, -0.2) is 0 Å². The zero-order valence-corrected chi connectivity index (χ0v) is 5.84. The van der Waals surface area contributed by atoms with Crippen molar-refractivity contribution in [1.29, 1.82) is 0 Å². The Balaban J connectivity index is 2.11. The van der Waals surface area contributed by atoms with Crippen LogP contribution in [0.25, 0.3) is 0 Å². The third kappa shape index (κ3) is 2.33. The molecule has 0 amide bonds. The number of ether oxygens (including phenoxy) is 1. The molecular formula is C7H14O2. The SMILES string of the molecule is C[C@H](O)C[C@@H]1CCCO1. The molecule has 0 radical (unpaired) electrons. The first kappa shape index (κ1) is 7.03. The molecule has 0 aliphatic carbocycles. The first-order chi connectivity index (χ1) is 4.29. The molecule has 0 bridgehead atoms. The molecule has 2 nitrogen and oxygen atoms in total. The average Bonchev–Trinajstić information content (AvgIpc) is 2.15. The van der Waals surface area contributed by atoms with E-state index in [0.29, 0.717) is 6.10 Å². The molecule has 1 aliphatic rings. The normalized spacial score (nSPS) is 30.7. The van der Waals surface area contributed by atoms with Gasteiger partial charge in [0.05, 0.1) is 12.2 Å². The molecule has 1 N–H and O–H groups in total. The van der Waals surface area contributed by atoms with Gasteiger partial charge in [-0.1, -0.05) is 0 Å². The molecule has 0 unspecified atom stereocenters. The van der Waals surface area contributed by atoms with Crippen LogP contribution in [0, 0.1) is 0 Å². The van der Waals surface area contributed by atoms with Gasteiger partial charge in [0.25, 0.3) is 0 Å². The molecule has 1 fully saturated rings. The minimum atomic E-state index is -0.201. The van der Waals surface area contributed by atoms with E-state index in [9.17, 15) is 0 Å². The van der Waals surface area contributed by atoms with E-state index in [-0.39, 0.29) is 6.10 Å². The molecule has 0 aromatic heterocycles. The summed E-state index contributed by atoms with van der Waals surface area (Å²) in [6.07, 6.45) is 3.24. The maximum atomic E-state index is 8.93. The van der Waals surface area contributed by atoms with Crippen molar-refractivity contribution in [3.8, 4) is 0 Å². The van der Waals surface area contributed by atoms with Crippen LogP contribution in [0.2, 0.25) is 0 Å². The van der Waals surface area contributed by atoms with Gasteiger partial charge < -0.3 is 9.84 Å². The lowest BCUT2D eigenvalue weighted by Gasteiger charge is -2.09. The fourth-order valence-corrected chi connectivity index (χ4v) is 1.21. The summed E-state index contributed by atoms with van der Waals surface area (Å²) in [7, 11) is 0. The van der Waals surface area contributed by atoms with Crippen LogP contribution in [-0.2, 0) is 4.74 Å². The molecule has 1 aliphatic heterocycles. The van der Waals surface area contributed by atoms with Crippen LogP contribution in [0.4, 0.5) is 0 Å². The number of hydrogen-bond acceptors (Lipinski definition) is 2. The van der Waals surface area contributed by atoms with Gasteiger partial charge in [0, 0.05) is 6.61 Å². The summed E-state index contributed by atoms with van der Waals surface area (Å²) in [5.74, 6) is 0. The molecule has 0 aromatic carbocycles. The van der Waals surface area contributed by atoms with Crippen molar-refractivity contribution in [3.63, 3.8) is 0 Å². The maximum absolute atomic E-state index is 8.93. The van der Waals surface area contributed by atoms with Crippen LogP contribution < -0.4 is 0 Å². The van der Waals surface area contributed by atoms with Gasteiger partial charge in [-0.05, 0) is 26.2 Å². The van der Waals surface area contributed by atoms with E-state index >= 15 is 0 Å². The Bertz CT molecular complexity index is 75.0. The first-order valence-electron chi connectivity index (χ1n) is 3.58. The largest absolute Gasteiger partial charge is 0.393 e. The topological polar surface area (TPSA) is 29.5 Å². The second-order valence-electron chi connectivity index (χ2n) is 2.72. The van der Waals surface area contributed by atoms with Gasteiger partial charge in [-0.15, -0.1) is 0 Å². The summed E-state index contributed by atoms with van der Waals surface area (Å²) in [5, 5.41) is 8.93. The molecule has 1 rings (SSSR count). The van der Waals surface area contributed by atoms with Crippen molar-refractivity contribution in [2.45, 2.75) is 38.4 Å². The molecule has 1 heterocycles. The fourth-order valence-electron chi connectivity index (χ4n) is 1.21. The predicted octanol–water partition coefficient (Wildman–Crippen LogP) is 0.936. The van der Waals surface area contributed by atoms with E-state index < -0.39 is 0 Å². The van der Waals surface area contributed by atoms with Crippen LogP contribution in [0.15, 0.2) is 0 Å². The Labute approximate surface area is 55.8 Å². The van der Waals surface area contributed by atoms with Crippen LogP contribution in [0.3, 0.4) is 0 Å². The molecule has 54 valence electrons. The Morgan fingerprint density at radius 3 is 3.00 bits per heavy atom. The fraction of sp³-hybridized carbons (Fsp3) is 1.00. The molecular weight excluding hydrogens is 116 g/mol. The quantitative estimate of drug-likeness (QED) is 0.602. The van der Waals surface area contributed by atoms with Gasteiger partial charge >= 0.3 is 0 Å². The number of aliphatic hydroxyl groups excluding tert-OH is 1. The lowest BCUT2D eigenvalue weighted by molar-refractivity contribution is 0.0606. The van der Waals surface area contributed by atoms with Crippen LogP contribution in [0.5, 0.6) is 0 Å². The highest BCUT2D eigenvalue weighted by Gasteiger charge is 2.16. The van der Waals surface area contributed by atoms with Crippen LogP contribution in [-0.4, -0.2) is 23.9 Å². The lowest BCUT2D eigenvalue weighted by atomic mass is 10.1. The van der Waals surface area contributed by atoms with Crippen molar-refractivity contribution in [2.75, 3.05) is 6.61 Å². The zero-order valence-electron chi connectivity index (χ0n) is 5.84. The molecule has 0 spiro atoms. The molecule has 2 atom stereocenters. The van der Waals surface area contributed by atoms with Crippen molar-refractivity contribution in [2.24, 2.45) is 0 Å². The van der Waals surface area contributed by atoms with Gasteiger partial charge in [-0.3, -0.25) is 0 Å². The Morgan fingerprint density at radius 2 is 2.56 bits per heavy atom. The summed E-state index contributed by atoms with van der Waals surface area (Å²) in [4.78, 5) is 0. The summed E-state index contributed by atoms with van der Waals surface area (Å²) in [6, 6.07) is 0. The maximum Gasteiger partial charge on any atom is 0.0600 e. The van der Waals surface area contributed by atoms with Gasteiger partial charge in [0.15, 0.2) is 0 Å². The lowest BCUT2D eigenvalue weighted by Crippen LogP contribution is -2.13. The highest BCUT2D eigenvalue weighted by Crippen LogP contribution is 2.16. The van der Waals surface area contributed by atoms with Crippen LogP contribution in [0.1, 0.15) is 26.2 Å². The van der Waals surface area contributed by atoms with Crippen molar-refractivity contribution < 1.29 is 9.84 Å². The van der Waals surface area contributed by atoms with Crippen LogP contribution >= 0.6 is 0 Å². The molecule has 1 saturated heterocycles. The van der Waals surface area contributed by atoms with Crippen molar-refractivity contribution in [1.82, 2.24) is 0 Å². The minimum Gasteiger partial charge on any atom is -0.393 e. The molecule has 0 aromatic rings. The number of rotatable bonds is 2. The number of aliphatic hydroxyl groups is 1. The molecule has 2 heteroatoms. The number of hydrogen-bond donors (Lipinski definition) is 1. The Hall–Kier alpha value is -0.0800. The third-order valence-corrected chi connectivity index (χ3v) is 1.63. The van der Waals surface area contributed by atoms with E-state index in [1.807, 2.05) is 6.92 Å². The van der Waals surface area contributed by atoms with Gasteiger partial charge in [0.2, 0.25) is 0 Å². The predicted molar refractivity (Wildman–Crippen MR) is 35.3 cm³/mol. The van der Waals surface area contributed by atoms with E-state index in [2.05, 4.69) is 0 Å². The summed E-state index contributed by atoms with van der Waals surface area (Å²) in [5.41, 5.74) is 0. The monoisotopic (exact) mass is 130 g/mol. The molecule has 9 heavy (non-hydrogen) atoms. The van der Waals surface area contributed by atoms with Gasteiger partial charge in [0.1, 0.15) is 0 Å². The summed E-state index contributed by atoms with van der Waals surface area (Å²) < 4.78 is 5.30. The van der Waals surface area contributed by atoms with E-state index in [0.717, 1.165) is 25.9 Å². The highest BCUT2D eigenvalue weighted by molar-refractivity contribution is 4.66. The van der Waals surface area contributed by atoms with Crippen molar-refractivity contribution >= 4 is 0 Å². The second kappa shape index (κ2) is 3.18. The van der Waals surface area contributed by atoms with Gasteiger partial charge in [-0.2, -0.15) is 0 Å². The second-order valence-corrected chi connectivity index (χ2v) is 2.72. The average molecular weight is 130 g/mol. The molecule has 0 saturated carbocycles. The third-order valence-electron chi connectivity index (χ3n) is 1.63. The summed E-state index contributed by atoms with van der Waals surface area (Å²) >= 11 is 0. The zero-order chi connectivity index (χ0) is 6.69. The van der Waals surface area contributed by atoms with E-state index in [4.69, 9.17) is 9.84 Å². The first-order valence-corrected chi connectivity index (χ1v) is 3.58. The Kier molecular flexibility index (Phi) is 2.49. The van der Waals surface area contributed by atoms with E-state index in [1.165, 1.54) is 0 Å². The summed E-state index contributed by atoms with van der Waals surface area (Å²) in [6.45, 7) is 2.69. The highest BCUT2D eigenvalue weighted by atomic mass is 16.5. The minimum absolute atomic E-state index is 0.201. The standard InChI is InChI=1S/C7H14O2/c1-6(8)5-7-3-2-4-9-7/h6-8H,2-5H2,1H3/t6-,7-/m0/s1. The Morgan fingerprint density at radius 1 is 1.78 bits per heavy atom.